The molecule has 3 aromatic carbocycles. The fourth-order valence-electron chi connectivity index (χ4n) is 11.0. The van der Waals surface area contributed by atoms with E-state index in [-0.39, 0.29) is 35.1 Å². The highest BCUT2D eigenvalue weighted by atomic mass is 15.2. The Balaban J connectivity index is 1.08. The van der Waals surface area contributed by atoms with Crippen LogP contribution in [0.4, 0.5) is 5.69 Å². The molecule has 0 saturated carbocycles. The number of hydrogen-bond acceptors (Lipinski definition) is 5. The third-order valence-corrected chi connectivity index (χ3v) is 13.4. The largest absolute Gasteiger partial charge is 0.405 e. The van der Waals surface area contributed by atoms with Crippen LogP contribution in [0, 0.1) is 17.8 Å². The third-order valence-electron chi connectivity index (χ3n) is 13.4. The van der Waals surface area contributed by atoms with Crippen LogP contribution in [0.5, 0.6) is 0 Å². The van der Waals surface area contributed by atoms with Gasteiger partial charge in [-0.25, -0.2) is 0 Å². The summed E-state index contributed by atoms with van der Waals surface area (Å²) in [4.78, 5) is 6.99. The molecule has 6 heteroatoms. The molecule has 5 N–H and O–H groups in total. The van der Waals surface area contributed by atoms with Crippen molar-refractivity contribution in [2.45, 2.75) is 50.5 Å². The van der Waals surface area contributed by atoms with E-state index in [1.165, 1.54) is 55.7 Å². The van der Waals surface area contributed by atoms with Gasteiger partial charge in [0.05, 0.1) is 5.52 Å². The molecule has 6 unspecified atom stereocenters. The van der Waals surface area contributed by atoms with Crippen molar-refractivity contribution in [3.05, 3.63) is 185 Å². The van der Waals surface area contributed by atoms with Crippen molar-refractivity contribution in [3.63, 3.8) is 0 Å². The van der Waals surface area contributed by atoms with Gasteiger partial charge in [0.2, 0.25) is 0 Å². The number of aliphatic imine (C=N–C) groups is 1. The zero-order chi connectivity index (χ0) is 38.7. The number of hydrogen-bond donors (Lipinski definition) is 3. The van der Waals surface area contributed by atoms with Gasteiger partial charge in [-0.1, -0.05) is 109 Å². The predicted octanol–water partition coefficient (Wildman–Crippen LogP) is 10.0. The quantitative estimate of drug-likeness (QED) is 0.176. The first-order chi connectivity index (χ1) is 28.1. The fraction of sp³-hybridized carbons (Fsp3) is 0.235. The molecule has 284 valence electrons. The molecule has 0 amide bonds. The fourth-order valence-corrected chi connectivity index (χ4v) is 11.0. The van der Waals surface area contributed by atoms with Crippen LogP contribution in [0.3, 0.4) is 0 Å². The van der Waals surface area contributed by atoms with E-state index in [0.29, 0.717) is 0 Å². The number of benzene rings is 3. The van der Waals surface area contributed by atoms with Gasteiger partial charge >= 0.3 is 0 Å². The summed E-state index contributed by atoms with van der Waals surface area (Å²) in [6.45, 7) is 5.09. The van der Waals surface area contributed by atoms with Crippen molar-refractivity contribution < 1.29 is 0 Å². The van der Waals surface area contributed by atoms with Crippen LogP contribution in [-0.4, -0.2) is 23.4 Å². The summed E-state index contributed by atoms with van der Waals surface area (Å²) in [5, 5.41) is 4.92. The number of allylic oxidation sites excluding steroid dienone is 10. The Morgan fingerprint density at radius 2 is 1.70 bits per heavy atom. The van der Waals surface area contributed by atoms with Gasteiger partial charge < -0.3 is 26.3 Å². The molecule has 4 heterocycles. The molecule has 3 aliphatic heterocycles. The molecular weight excluding hydrogens is 697 g/mol. The first-order valence-corrected chi connectivity index (χ1v) is 20.6. The summed E-state index contributed by atoms with van der Waals surface area (Å²) in [7, 11) is 0. The Bertz CT molecular complexity index is 2570. The lowest BCUT2D eigenvalue weighted by molar-refractivity contribution is 0.317. The molecule has 3 aliphatic carbocycles. The van der Waals surface area contributed by atoms with E-state index in [9.17, 15) is 0 Å². The maximum Gasteiger partial charge on any atom is 0.107 e. The number of rotatable bonds is 7. The second-order valence-corrected chi connectivity index (χ2v) is 16.1. The van der Waals surface area contributed by atoms with Gasteiger partial charge in [0.1, 0.15) is 5.82 Å². The molecule has 0 saturated heterocycles. The molecule has 57 heavy (non-hydrogen) atoms. The van der Waals surface area contributed by atoms with Crippen molar-refractivity contribution >= 4 is 28.9 Å². The van der Waals surface area contributed by atoms with E-state index in [1.807, 2.05) is 25.3 Å². The smallest absolute Gasteiger partial charge is 0.107 e. The molecule has 6 atom stereocenters. The van der Waals surface area contributed by atoms with Gasteiger partial charge in [0.15, 0.2) is 0 Å². The monoisotopic (exact) mass is 746 g/mol. The first kappa shape index (κ1) is 35.2. The van der Waals surface area contributed by atoms with E-state index in [0.717, 1.165) is 42.9 Å². The predicted molar refractivity (Wildman–Crippen MR) is 238 cm³/mol. The minimum atomic E-state index is -0.265. The van der Waals surface area contributed by atoms with Gasteiger partial charge in [0.25, 0.3) is 0 Å². The van der Waals surface area contributed by atoms with Crippen LogP contribution in [-0.2, 0) is 11.8 Å². The second-order valence-electron chi connectivity index (χ2n) is 16.1. The summed E-state index contributed by atoms with van der Waals surface area (Å²) in [5.41, 5.74) is 26.4. The molecule has 6 nitrogen and oxygen atoms in total. The van der Waals surface area contributed by atoms with Crippen molar-refractivity contribution in [2.24, 2.45) is 34.2 Å². The van der Waals surface area contributed by atoms with Crippen LogP contribution in [0.1, 0.15) is 55.0 Å². The number of dihydropyridines is 1. The van der Waals surface area contributed by atoms with Gasteiger partial charge in [-0.05, 0) is 91.4 Å². The molecule has 10 rings (SSSR count). The maximum atomic E-state index is 6.76. The highest BCUT2D eigenvalue weighted by Crippen LogP contribution is 2.62. The zero-order valence-electron chi connectivity index (χ0n) is 32.7. The molecule has 4 aromatic rings. The summed E-state index contributed by atoms with van der Waals surface area (Å²) in [5.74, 6) is 1.63. The lowest BCUT2D eigenvalue weighted by Crippen LogP contribution is -2.43. The van der Waals surface area contributed by atoms with Gasteiger partial charge in [-0.15, -0.1) is 0 Å². The third kappa shape index (κ3) is 5.26. The summed E-state index contributed by atoms with van der Waals surface area (Å²) in [6.07, 6.45) is 38.4. The SMILES string of the molecule is C/C=C\C1=C(N)N(c2ccc(-c3ccc(-n4c5c(c6ccc7c(c64)C4C=CC=CC4C7(C4=CNCC=C4)C4C=NC=CC4)C=CCC5)cc3)cc2)C(C)C1/C=C\N. The minimum Gasteiger partial charge on any atom is -0.405 e. The van der Waals surface area contributed by atoms with Gasteiger partial charge in [0, 0.05) is 93.9 Å². The standard InChI is InChI=1S/C51H50N6/c1-3-10-43-40(27-28-52)33(2)56(50(43)53)38-21-17-34(18-22-38)35-19-23-39(24-20-35)57-47-16-7-5-13-41(47)42-25-26-46-48(49(42)57)44-14-4-6-15-45(44)51(46,36-11-8-29-54-31-36)37-12-9-30-55-32-37/h3-6,8-11,13-15,17-28,30-33,37,40,44-45,54H,7,12,16,29,52-53H2,1-2H3/b10-3-,28-27-. The second kappa shape index (κ2) is 14.0. The Morgan fingerprint density at radius 3 is 2.42 bits per heavy atom. The molecule has 0 fully saturated rings. The van der Waals surface area contributed by atoms with E-state index < -0.39 is 0 Å². The van der Waals surface area contributed by atoms with E-state index in [4.69, 9.17) is 16.5 Å². The molecule has 0 radical (unpaired) electrons. The minimum absolute atomic E-state index is 0.134. The number of nitrogens with two attached hydrogens (primary N) is 2. The summed E-state index contributed by atoms with van der Waals surface area (Å²) in [6, 6.07) is 23.1. The Kier molecular flexibility index (Phi) is 8.66. The number of nitrogens with one attached hydrogen (secondary N) is 1. The van der Waals surface area contributed by atoms with Crippen LogP contribution in [0.2, 0.25) is 0 Å². The lowest BCUT2D eigenvalue weighted by atomic mass is 9.58. The van der Waals surface area contributed by atoms with E-state index in [2.05, 4.69) is 156 Å². The van der Waals surface area contributed by atoms with Crippen LogP contribution in [0.15, 0.2) is 168 Å². The number of aromatic nitrogens is 1. The molecule has 0 spiro atoms. The van der Waals surface area contributed by atoms with E-state index >= 15 is 0 Å². The Labute approximate surface area is 336 Å². The van der Waals surface area contributed by atoms with Crippen LogP contribution >= 0.6 is 0 Å². The van der Waals surface area contributed by atoms with Crippen molar-refractivity contribution in [2.75, 3.05) is 11.4 Å². The van der Waals surface area contributed by atoms with Gasteiger partial charge in [-0.2, -0.15) is 0 Å². The molecule has 0 bridgehead atoms. The molecular formula is C51H50N6. The average molecular weight is 747 g/mol. The highest BCUT2D eigenvalue weighted by molar-refractivity contribution is 5.98. The van der Waals surface area contributed by atoms with Crippen molar-refractivity contribution in [3.8, 4) is 16.8 Å². The maximum absolute atomic E-state index is 6.76. The average Bonchev–Trinajstić information content (AvgIpc) is 3.85. The molecule has 6 aliphatic rings. The molecule has 1 aromatic heterocycles. The first-order valence-electron chi connectivity index (χ1n) is 20.6. The van der Waals surface area contributed by atoms with Crippen molar-refractivity contribution in [1.82, 2.24) is 9.88 Å². The lowest BCUT2D eigenvalue weighted by Gasteiger charge is -2.44. The number of fused-ring (bicyclic) bond motifs is 7. The summed E-state index contributed by atoms with van der Waals surface area (Å²) < 4.78 is 2.61. The number of nitrogens with zero attached hydrogens (tertiary/aromatic N) is 3. The topological polar surface area (TPSA) is 84.6 Å². The van der Waals surface area contributed by atoms with E-state index in [1.54, 1.807) is 6.20 Å². The van der Waals surface area contributed by atoms with Crippen molar-refractivity contribution in [1.29, 1.82) is 0 Å². The van der Waals surface area contributed by atoms with Gasteiger partial charge in [-0.3, -0.25) is 4.99 Å². The van der Waals surface area contributed by atoms with Crippen LogP contribution in [0.25, 0.3) is 33.8 Å². The van der Waals surface area contributed by atoms with Crippen LogP contribution < -0.4 is 21.7 Å². The normalized spacial score (nSPS) is 27.2. The summed E-state index contributed by atoms with van der Waals surface area (Å²) >= 11 is 0. The number of anilines is 1. The Morgan fingerprint density at radius 1 is 0.912 bits per heavy atom. The highest BCUT2D eigenvalue weighted by Gasteiger charge is 2.57. The Hall–Kier alpha value is -6.27. The zero-order valence-corrected chi connectivity index (χ0v) is 32.7.